The Labute approximate surface area is 129 Å². The third-order valence-corrected chi connectivity index (χ3v) is 2.93. The van der Waals surface area contributed by atoms with Crippen LogP contribution < -0.4 is 5.73 Å². The van der Waals surface area contributed by atoms with Crippen molar-refractivity contribution >= 4 is 16.0 Å². The minimum absolute atomic E-state index is 0.348. The first-order valence-electron chi connectivity index (χ1n) is 7.58. The molecule has 0 radical (unpaired) electrons. The van der Waals surface area contributed by atoms with Crippen LogP contribution in [-0.4, -0.2) is 25.1 Å². The van der Waals surface area contributed by atoms with Crippen molar-refractivity contribution < 1.29 is 17.8 Å². The van der Waals surface area contributed by atoms with Gasteiger partial charge in [0.15, 0.2) is 0 Å². The fraction of sp³-hybridized carbons (Fsp3) is 0.800. The highest BCUT2D eigenvalue weighted by atomic mass is 32.2. The van der Waals surface area contributed by atoms with E-state index >= 15 is 0 Å². The second-order valence-corrected chi connectivity index (χ2v) is 6.75. The van der Waals surface area contributed by atoms with Crippen LogP contribution in [0.15, 0.2) is 12.2 Å². The van der Waals surface area contributed by atoms with Crippen LogP contribution in [0.4, 0.5) is 0 Å². The molecule has 0 aromatic rings. The summed E-state index contributed by atoms with van der Waals surface area (Å²) in [4.78, 5) is 10.7. The fourth-order valence-electron chi connectivity index (χ4n) is 1.77. The highest BCUT2D eigenvalue weighted by molar-refractivity contribution is 7.85. The Kier molecular flexibility index (Phi) is 15.0. The third kappa shape index (κ3) is 28.1. The van der Waals surface area contributed by atoms with Crippen molar-refractivity contribution in [3.8, 4) is 0 Å². The quantitative estimate of drug-likeness (QED) is 0.346. The summed E-state index contributed by atoms with van der Waals surface area (Å²) in [5.74, 6) is -0.348. The van der Waals surface area contributed by atoms with Crippen LogP contribution in [-0.2, 0) is 14.9 Å². The molecule has 0 aliphatic carbocycles. The normalized spacial score (nSPS) is 10.6. The van der Waals surface area contributed by atoms with E-state index in [2.05, 4.69) is 13.5 Å². The molecule has 5 nitrogen and oxygen atoms in total. The standard InChI is InChI=1S/C14H27NO.CH4O3S/c1-3-4-5-6-7-8-9-10-11-12-13(2)14(15)16;1-5(2,3)4/h2-12H2,1H3,(H2,15,16);1H3,(H,2,3,4). The number of carbonyl (C=O) groups is 1. The van der Waals surface area contributed by atoms with E-state index in [0.29, 0.717) is 11.8 Å². The second-order valence-electron chi connectivity index (χ2n) is 5.28. The van der Waals surface area contributed by atoms with Gasteiger partial charge >= 0.3 is 0 Å². The molecule has 0 fully saturated rings. The van der Waals surface area contributed by atoms with Crippen molar-refractivity contribution in [3.63, 3.8) is 0 Å². The molecule has 0 aliphatic heterocycles. The number of hydrogen-bond donors (Lipinski definition) is 2. The fourth-order valence-corrected chi connectivity index (χ4v) is 1.77. The molecule has 0 spiro atoms. The number of primary amides is 1. The summed E-state index contributed by atoms with van der Waals surface area (Å²) in [6.45, 7) is 5.89. The van der Waals surface area contributed by atoms with Gasteiger partial charge in [-0.2, -0.15) is 8.42 Å². The van der Waals surface area contributed by atoms with Crippen molar-refractivity contribution in [1.82, 2.24) is 0 Å². The maximum absolute atomic E-state index is 10.7. The molecule has 0 saturated carbocycles. The summed E-state index contributed by atoms with van der Waals surface area (Å²) in [5, 5.41) is 0. The average molecular weight is 321 g/mol. The summed E-state index contributed by atoms with van der Waals surface area (Å²) in [7, 11) is -3.67. The molecule has 0 bridgehead atoms. The van der Waals surface area contributed by atoms with Gasteiger partial charge in [-0.25, -0.2) is 0 Å². The zero-order valence-corrected chi connectivity index (χ0v) is 14.3. The zero-order chi connectivity index (χ0) is 16.7. The first-order valence-corrected chi connectivity index (χ1v) is 9.43. The van der Waals surface area contributed by atoms with E-state index < -0.39 is 10.1 Å². The number of amides is 1. The highest BCUT2D eigenvalue weighted by Gasteiger charge is 2.00. The molecule has 0 saturated heterocycles. The summed E-state index contributed by atoms with van der Waals surface area (Å²) >= 11 is 0. The second kappa shape index (κ2) is 14.1. The Bertz CT molecular complexity index is 369. The Morgan fingerprint density at radius 1 is 1.00 bits per heavy atom. The smallest absolute Gasteiger partial charge is 0.261 e. The van der Waals surface area contributed by atoms with Gasteiger partial charge in [0.2, 0.25) is 5.91 Å². The lowest BCUT2D eigenvalue weighted by Crippen LogP contribution is -2.12. The maximum atomic E-state index is 10.7. The van der Waals surface area contributed by atoms with Crippen LogP contribution >= 0.6 is 0 Å². The topological polar surface area (TPSA) is 97.5 Å². The first-order chi connectivity index (χ1) is 9.68. The largest absolute Gasteiger partial charge is 0.366 e. The molecule has 0 unspecified atom stereocenters. The van der Waals surface area contributed by atoms with E-state index in [1.807, 2.05) is 0 Å². The average Bonchev–Trinajstić information content (AvgIpc) is 2.34. The van der Waals surface area contributed by atoms with E-state index in [-0.39, 0.29) is 5.91 Å². The summed E-state index contributed by atoms with van der Waals surface area (Å²) in [6, 6.07) is 0. The number of hydrogen-bond acceptors (Lipinski definition) is 3. The number of unbranched alkanes of at least 4 members (excludes halogenated alkanes) is 8. The zero-order valence-electron chi connectivity index (χ0n) is 13.4. The Balaban J connectivity index is 0. The third-order valence-electron chi connectivity index (χ3n) is 2.93. The first kappa shape index (κ1) is 22.4. The minimum atomic E-state index is -3.67. The molecule has 0 heterocycles. The lowest BCUT2D eigenvalue weighted by atomic mass is 10.0. The van der Waals surface area contributed by atoms with Gasteiger partial charge in [0.25, 0.3) is 10.1 Å². The maximum Gasteiger partial charge on any atom is 0.261 e. The summed E-state index contributed by atoms with van der Waals surface area (Å²) in [5.41, 5.74) is 5.68. The van der Waals surface area contributed by atoms with Crippen LogP contribution in [0, 0.1) is 0 Å². The van der Waals surface area contributed by atoms with E-state index in [9.17, 15) is 13.2 Å². The van der Waals surface area contributed by atoms with Gasteiger partial charge < -0.3 is 5.73 Å². The van der Waals surface area contributed by atoms with Crippen LogP contribution in [0.1, 0.15) is 71.1 Å². The van der Waals surface area contributed by atoms with E-state index in [1.165, 1.54) is 51.4 Å². The van der Waals surface area contributed by atoms with Crippen LogP contribution in [0.3, 0.4) is 0 Å². The molecule has 1 amide bonds. The van der Waals surface area contributed by atoms with Crippen LogP contribution in [0.5, 0.6) is 0 Å². The van der Waals surface area contributed by atoms with Gasteiger partial charge in [0.1, 0.15) is 0 Å². The molecular weight excluding hydrogens is 290 g/mol. The molecular formula is C15H31NO4S. The number of rotatable bonds is 11. The van der Waals surface area contributed by atoms with E-state index in [0.717, 1.165) is 12.8 Å². The predicted molar refractivity (Wildman–Crippen MR) is 87.7 cm³/mol. The molecule has 21 heavy (non-hydrogen) atoms. The molecule has 3 N–H and O–H groups in total. The van der Waals surface area contributed by atoms with Crippen molar-refractivity contribution in [2.24, 2.45) is 5.73 Å². The Morgan fingerprint density at radius 3 is 1.67 bits per heavy atom. The summed E-state index contributed by atoms with van der Waals surface area (Å²) in [6.07, 6.45) is 13.1. The van der Waals surface area contributed by atoms with Crippen LogP contribution in [0.2, 0.25) is 0 Å². The van der Waals surface area contributed by atoms with Gasteiger partial charge in [-0.1, -0.05) is 64.9 Å². The van der Waals surface area contributed by atoms with Crippen LogP contribution in [0.25, 0.3) is 0 Å². The molecule has 0 rings (SSSR count). The monoisotopic (exact) mass is 321 g/mol. The van der Waals surface area contributed by atoms with Crippen molar-refractivity contribution in [1.29, 1.82) is 0 Å². The highest BCUT2D eigenvalue weighted by Crippen LogP contribution is 2.12. The van der Waals surface area contributed by atoms with E-state index in [4.69, 9.17) is 10.3 Å². The lowest BCUT2D eigenvalue weighted by Gasteiger charge is -2.02. The minimum Gasteiger partial charge on any atom is -0.366 e. The molecule has 0 aromatic heterocycles. The molecule has 0 aromatic carbocycles. The predicted octanol–water partition coefficient (Wildman–Crippen LogP) is 3.45. The van der Waals surface area contributed by atoms with Gasteiger partial charge in [-0.05, 0) is 12.8 Å². The van der Waals surface area contributed by atoms with E-state index in [1.54, 1.807) is 0 Å². The summed E-state index contributed by atoms with van der Waals surface area (Å²) < 4.78 is 25.9. The number of nitrogens with two attached hydrogens (primary N) is 1. The molecule has 126 valence electrons. The Hall–Kier alpha value is -0.880. The number of carbonyl (C=O) groups excluding carboxylic acids is 1. The molecule has 0 aliphatic rings. The van der Waals surface area contributed by atoms with Crippen molar-refractivity contribution in [3.05, 3.63) is 12.2 Å². The lowest BCUT2D eigenvalue weighted by molar-refractivity contribution is -0.114. The molecule has 6 heteroatoms. The van der Waals surface area contributed by atoms with Gasteiger partial charge in [0.05, 0.1) is 6.26 Å². The van der Waals surface area contributed by atoms with Gasteiger partial charge in [0, 0.05) is 5.57 Å². The molecule has 0 atom stereocenters. The van der Waals surface area contributed by atoms with Crippen molar-refractivity contribution in [2.45, 2.75) is 71.1 Å². The van der Waals surface area contributed by atoms with Gasteiger partial charge in [-0.3, -0.25) is 9.35 Å². The van der Waals surface area contributed by atoms with Gasteiger partial charge in [-0.15, -0.1) is 0 Å². The SMILES string of the molecule is C=C(CCCCCCCCCCC)C(N)=O.CS(=O)(=O)O. The Morgan fingerprint density at radius 2 is 1.33 bits per heavy atom. The van der Waals surface area contributed by atoms with Crippen molar-refractivity contribution in [2.75, 3.05) is 6.26 Å².